The molecule has 1 heterocycles. The van der Waals surface area contributed by atoms with E-state index < -0.39 is 33.8 Å². The van der Waals surface area contributed by atoms with Gasteiger partial charge in [0.05, 0.1) is 10.8 Å². The Morgan fingerprint density at radius 3 is 2.34 bits per heavy atom. The van der Waals surface area contributed by atoms with E-state index in [1.54, 1.807) is 6.92 Å². The predicted octanol–water partition coefficient (Wildman–Crippen LogP) is 3.10. The average molecular weight is 469 g/mol. The quantitative estimate of drug-likeness (QED) is 0.648. The van der Waals surface area contributed by atoms with Gasteiger partial charge in [-0.2, -0.15) is 4.31 Å². The number of rotatable bonds is 6. The molecule has 1 N–H and O–H groups in total. The topological polar surface area (TPSA) is 92.8 Å². The van der Waals surface area contributed by atoms with Gasteiger partial charge in [0.1, 0.15) is 5.82 Å². The van der Waals surface area contributed by atoms with Gasteiger partial charge in [-0.1, -0.05) is 26.7 Å². The van der Waals surface area contributed by atoms with E-state index in [0.717, 1.165) is 31.4 Å². The van der Waals surface area contributed by atoms with Crippen molar-refractivity contribution in [2.45, 2.75) is 69.9 Å². The lowest BCUT2D eigenvalue weighted by atomic mass is 9.78. The molecule has 178 valence electrons. The number of nitrogens with one attached hydrogen (secondary N) is 1. The minimum atomic E-state index is -3.74. The summed E-state index contributed by atoms with van der Waals surface area (Å²) in [5, 5.41) is 3.03. The highest BCUT2D eigenvalue weighted by Gasteiger charge is 2.35. The van der Waals surface area contributed by atoms with Gasteiger partial charge in [-0.3, -0.25) is 9.59 Å². The van der Waals surface area contributed by atoms with Gasteiger partial charge in [0.15, 0.2) is 6.10 Å². The zero-order valence-corrected chi connectivity index (χ0v) is 19.7. The summed E-state index contributed by atoms with van der Waals surface area (Å²) in [5.74, 6) is -0.807. The second kappa shape index (κ2) is 10.3. The van der Waals surface area contributed by atoms with Crippen LogP contribution < -0.4 is 5.32 Å². The normalized spacial score (nSPS) is 26.3. The van der Waals surface area contributed by atoms with Crippen molar-refractivity contribution in [3.8, 4) is 0 Å². The van der Waals surface area contributed by atoms with Crippen molar-refractivity contribution in [3.63, 3.8) is 0 Å². The third-order valence-electron chi connectivity index (χ3n) is 6.94. The number of carbonyl (C=O) groups excluding carboxylic acids is 2. The van der Waals surface area contributed by atoms with Crippen molar-refractivity contribution in [1.29, 1.82) is 0 Å². The van der Waals surface area contributed by atoms with Gasteiger partial charge >= 0.3 is 5.97 Å². The molecule has 0 bridgehead atoms. The molecular formula is C23H33FN2O5S. The summed E-state index contributed by atoms with van der Waals surface area (Å²) >= 11 is 0. The van der Waals surface area contributed by atoms with E-state index in [1.165, 1.54) is 16.4 Å². The van der Waals surface area contributed by atoms with Crippen molar-refractivity contribution in [2.75, 3.05) is 13.1 Å². The van der Waals surface area contributed by atoms with E-state index >= 15 is 0 Å². The first-order chi connectivity index (χ1) is 15.1. The molecule has 32 heavy (non-hydrogen) atoms. The fourth-order valence-corrected chi connectivity index (χ4v) is 5.97. The number of carbonyl (C=O) groups is 2. The molecule has 1 saturated carbocycles. The van der Waals surface area contributed by atoms with Gasteiger partial charge < -0.3 is 10.1 Å². The number of halogens is 1. The number of hydrogen-bond donors (Lipinski definition) is 1. The van der Waals surface area contributed by atoms with Crippen LogP contribution in [0.5, 0.6) is 0 Å². The average Bonchev–Trinajstić information content (AvgIpc) is 2.77. The fourth-order valence-electron chi connectivity index (χ4n) is 4.50. The van der Waals surface area contributed by atoms with Crippen LogP contribution in [-0.4, -0.2) is 49.8 Å². The highest BCUT2D eigenvalue weighted by atomic mass is 32.2. The number of ether oxygens (including phenoxy) is 1. The van der Waals surface area contributed by atoms with Gasteiger partial charge in [0.25, 0.3) is 5.91 Å². The molecule has 0 aromatic heterocycles. The largest absolute Gasteiger partial charge is 0.452 e. The van der Waals surface area contributed by atoms with Crippen LogP contribution in [0.15, 0.2) is 29.2 Å². The van der Waals surface area contributed by atoms with Crippen molar-refractivity contribution < 1.29 is 27.1 Å². The van der Waals surface area contributed by atoms with Gasteiger partial charge in [-0.25, -0.2) is 12.8 Å². The third-order valence-corrected chi connectivity index (χ3v) is 8.85. The lowest BCUT2D eigenvalue weighted by Crippen LogP contribution is -2.48. The number of piperidine rings is 1. The zero-order valence-electron chi connectivity index (χ0n) is 18.9. The SMILES string of the molecule is C[C@@H]1[C@H](C)CCC[C@H]1NC(=O)[C@H](C)OC(=O)C1CCN(S(=O)(=O)c2ccc(F)cc2)CC1. The Balaban J connectivity index is 1.49. The number of benzene rings is 1. The van der Waals surface area contributed by atoms with E-state index in [1.807, 2.05) is 0 Å². The summed E-state index contributed by atoms with van der Waals surface area (Å²) in [6.45, 7) is 6.22. The van der Waals surface area contributed by atoms with Gasteiger partial charge in [-0.05, 0) is 62.3 Å². The van der Waals surface area contributed by atoms with Crippen molar-refractivity contribution in [3.05, 3.63) is 30.1 Å². The first-order valence-electron chi connectivity index (χ1n) is 11.4. The highest BCUT2D eigenvalue weighted by molar-refractivity contribution is 7.89. The van der Waals surface area contributed by atoms with E-state index in [9.17, 15) is 22.4 Å². The molecule has 7 nitrogen and oxygen atoms in total. The van der Waals surface area contributed by atoms with Crippen LogP contribution in [0.1, 0.15) is 52.9 Å². The zero-order chi connectivity index (χ0) is 23.5. The summed E-state index contributed by atoms with van der Waals surface area (Å²) in [7, 11) is -3.74. The summed E-state index contributed by atoms with van der Waals surface area (Å²) in [4.78, 5) is 25.1. The second-order valence-electron chi connectivity index (χ2n) is 9.09. The maximum Gasteiger partial charge on any atom is 0.309 e. The molecule has 1 aliphatic carbocycles. The van der Waals surface area contributed by atoms with E-state index in [0.29, 0.717) is 24.7 Å². The Hall–Kier alpha value is -2.00. The molecule has 0 spiro atoms. The summed E-state index contributed by atoms with van der Waals surface area (Å²) in [6.07, 6.45) is 2.89. The Kier molecular flexibility index (Phi) is 7.92. The van der Waals surface area contributed by atoms with Crippen LogP contribution in [0, 0.1) is 23.6 Å². The van der Waals surface area contributed by atoms with Gasteiger partial charge in [0, 0.05) is 19.1 Å². The summed E-state index contributed by atoms with van der Waals surface area (Å²) in [6, 6.07) is 4.78. The number of esters is 1. The third kappa shape index (κ3) is 5.67. The maximum absolute atomic E-state index is 13.1. The predicted molar refractivity (Wildman–Crippen MR) is 118 cm³/mol. The molecule has 2 fully saturated rings. The minimum Gasteiger partial charge on any atom is -0.452 e. The molecule has 4 atom stereocenters. The smallest absolute Gasteiger partial charge is 0.309 e. The molecule has 0 radical (unpaired) electrons. The van der Waals surface area contributed by atoms with Gasteiger partial charge in [0.2, 0.25) is 10.0 Å². The van der Waals surface area contributed by atoms with Gasteiger partial charge in [-0.15, -0.1) is 0 Å². The van der Waals surface area contributed by atoms with E-state index in [2.05, 4.69) is 19.2 Å². The highest BCUT2D eigenvalue weighted by Crippen LogP contribution is 2.30. The number of sulfonamides is 1. The lowest BCUT2D eigenvalue weighted by Gasteiger charge is -2.35. The van der Waals surface area contributed by atoms with Crippen molar-refractivity contribution >= 4 is 21.9 Å². The van der Waals surface area contributed by atoms with E-state index in [4.69, 9.17) is 4.74 Å². The minimum absolute atomic E-state index is 0.0245. The monoisotopic (exact) mass is 468 g/mol. The molecule has 9 heteroatoms. The first-order valence-corrected chi connectivity index (χ1v) is 12.8. The molecule has 3 rings (SSSR count). The number of amides is 1. The molecule has 1 saturated heterocycles. The van der Waals surface area contributed by atoms with Crippen LogP contribution in [-0.2, 0) is 24.3 Å². The maximum atomic E-state index is 13.1. The first kappa shape index (κ1) is 24.6. The fraction of sp³-hybridized carbons (Fsp3) is 0.652. The van der Waals surface area contributed by atoms with E-state index in [-0.39, 0.29) is 29.9 Å². The molecule has 1 amide bonds. The second-order valence-corrected chi connectivity index (χ2v) is 11.0. The molecule has 1 aliphatic heterocycles. The van der Waals surface area contributed by atoms with Crippen molar-refractivity contribution in [2.24, 2.45) is 17.8 Å². The number of hydrogen-bond acceptors (Lipinski definition) is 5. The molecular weight excluding hydrogens is 435 g/mol. The van der Waals surface area contributed by atoms with Crippen LogP contribution in [0.25, 0.3) is 0 Å². The molecule has 1 aromatic rings. The molecule has 2 aliphatic rings. The Bertz CT molecular complexity index is 913. The lowest BCUT2D eigenvalue weighted by molar-refractivity contribution is -0.160. The van der Waals surface area contributed by atoms with Crippen LogP contribution in [0.2, 0.25) is 0 Å². The Morgan fingerprint density at radius 2 is 1.72 bits per heavy atom. The molecule has 1 aromatic carbocycles. The number of nitrogens with zero attached hydrogens (tertiary/aromatic N) is 1. The van der Waals surface area contributed by atoms with Crippen molar-refractivity contribution in [1.82, 2.24) is 9.62 Å². The summed E-state index contributed by atoms with van der Waals surface area (Å²) in [5.41, 5.74) is 0. The standard InChI is InChI=1S/C23H33FN2O5S/c1-15-5-4-6-21(16(15)2)25-22(27)17(3)31-23(28)18-11-13-26(14-12-18)32(29,30)20-9-7-19(24)8-10-20/h7-10,15-18,21H,4-6,11-14H2,1-3H3,(H,25,27)/t15-,16-,17+,21-/m1/s1. The molecule has 0 unspecified atom stereocenters. The Labute approximate surface area is 189 Å². The Morgan fingerprint density at radius 1 is 1.09 bits per heavy atom. The van der Waals surface area contributed by atoms with Crippen LogP contribution in [0.3, 0.4) is 0 Å². The van der Waals surface area contributed by atoms with Crippen LogP contribution in [0.4, 0.5) is 4.39 Å². The van der Waals surface area contributed by atoms with Crippen LogP contribution >= 0.6 is 0 Å². The summed E-state index contributed by atoms with van der Waals surface area (Å²) < 4.78 is 45.2.